The van der Waals surface area contributed by atoms with Crippen LogP contribution < -0.4 is 5.73 Å². The Bertz CT molecular complexity index is 543. The highest BCUT2D eigenvalue weighted by molar-refractivity contribution is 5.26. The molecule has 0 unspecified atom stereocenters. The molecule has 0 saturated heterocycles. The van der Waals surface area contributed by atoms with Crippen LogP contribution in [0, 0.1) is 12.8 Å². The summed E-state index contributed by atoms with van der Waals surface area (Å²) < 4.78 is 1.99. The Morgan fingerprint density at radius 2 is 2.00 bits per heavy atom. The second-order valence-electron chi connectivity index (χ2n) is 5.37. The third kappa shape index (κ3) is 3.20. The Balaban J connectivity index is 2.30. The van der Waals surface area contributed by atoms with Gasteiger partial charge < -0.3 is 5.73 Å². The molecular weight excluding hydrogens is 236 g/mol. The summed E-state index contributed by atoms with van der Waals surface area (Å²) in [5.41, 5.74) is 10.4. The number of aryl methyl sites for hydroxylation is 1. The average Bonchev–Trinajstić information content (AvgIpc) is 2.74. The molecule has 0 aliphatic heterocycles. The van der Waals surface area contributed by atoms with Crippen LogP contribution in [0.15, 0.2) is 24.3 Å². The van der Waals surface area contributed by atoms with Crippen LogP contribution in [0.5, 0.6) is 0 Å². The van der Waals surface area contributed by atoms with Crippen molar-refractivity contribution in [3.63, 3.8) is 0 Å². The summed E-state index contributed by atoms with van der Waals surface area (Å²) in [5, 5.41) is 8.46. The van der Waals surface area contributed by atoms with Crippen LogP contribution in [0.3, 0.4) is 0 Å². The lowest BCUT2D eigenvalue weighted by atomic mass is 10.1. The predicted molar refractivity (Wildman–Crippen MR) is 76.7 cm³/mol. The minimum Gasteiger partial charge on any atom is -0.325 e. The minimum atomic E-state index is 0.454. The second-order valence-corrected chi connectivity index (χ2v) is 5.37. The smallest absolute Gasteiger partial charge is 0.0994 e. The van der Waals surface area contributed by atoms with Crippen molar-refractivity contribution in [2.75, 3.05) is 0 Å². The number of rotatable bonds is 5. The molecule has 1 heterocycles. The van der Waals surface area contributed by atoms with Gasteiger partial charge in [-0.2, -0.15) is 0 Å². The van der Waals surface area contributed by atoms with Gasteiger partial charge in [-0.25, -0.2) is 4.68 Å². The Labute approximate surface area is 114 Å². The van der Waals surface area contributed by atoms with E-state index in [0.29, 0.717) is 12.5 Å². The molecular formula is C15H22N4. The number of hydrogen-bond donors (Lipinski definition) is 1. The molecule has 2 N–H and O–H groups in total. The Kier molecular flexibility index (Phi) is 4.32. The minimum absolute atomic E-state index is 0.454. The fourth-order valence-electron chi connectivity index (χ4n) is 2.21. The van der Waals surface area contributed by atoms with Crippen molar-refractivity contribution in [1.82, 2.24) is 15.0 Å². The van der Waals surface area contributed by atoms with Gasteiger partial charge in [0.25, 0.3) is 0 Å². The number of benzene rings is 1. The first-order chi connectivity index (χ1) is 9.11. The molecule has 0 atom stereocenters. The standard InChI is InChI=1S/C15H22N4/c1-11(2)8-15-14(9-16)17-18-19(15)10-13-7-5-4-6-12(13)3/h4-7,11H,8-10,16H2,1-3H3. The summed E-state index contributed by atoms with van der Waals surface area (Å²) in [6, 6.07) is 8.38. The number of aromatic nitrogens is 3. The van der Waals surface area contributed by atoms with Gasteiger partial charge in [-0.15, -0.1) is 5.10 Å². The number of hydrogen-bond acceptors (Lipinski definition) is 3. The van der Waals surface area contributed by atoms with Gasteiger partial charge in [0.05, 0.1) is 17.9 Å². The molecule has 102 valence electrons. The van der Waals surface area contributed by atoms with Crippen LogP contribution in [0.25, 0.3) is 0 Å². The van der Waals surface area contributed by atoms with Gasteiger partial charge in [-0.05, 0) is 30.4 Å². The number of nitrogens with zero attached hydrogens (tertiary/aromatic N) is 3. The van der Waals surface area contributed by atoms with Gasteiger partial charge in [-0.1, -0.05) is 43.3 Å². The van der Waals surface area contributed by atoms with E-state index in [-0.39, 0.29) is 0 Å². The number of nitrogens with two attached hydrogens (primary N) is 1. The summed E-state index contributed by atoms with van der Waals surface area (Å²) in [7, 11) is 0. The van der Waals surface area contributed by atoms with Gasteiger partial charge in [0.2, 0.25) is 0 Å². The van der Waals surface area contributed by atoms with Crippen LogP contribution in [0.2, 0.25) is 0 Å². The molecule has 1 aromatic heterocycles. The zero-order valence-electron chi connectivity index (χ0n) is 11.9. The van der Waals surface area contributed by atoms with E-state index in [1.165, 1.54) is 16.8 Å². The Hall–Kier alpha value is -1.68. The fourth-order valence-corrected chi connectivity index (χ4v) is 2.21. The molecule has 0 amide bonds. The zero-order valence-corrected chi connectivity index (χ0v) is 11.9. The lowest BCUT2D eigenvalue weighted by molar-refractivity contribution is 0.562. The van der Waals surface area contributed by atoms with Crippen LogP contribution >= 0.6 is 0 Å². The maximum Gasteiger partial charge on any atom is 0.0994 e. The first-order valence-electron chi connectivity index (χ1n) is 6.77. The van der Waals surface area contributed by atoms with Gasteiger partial charge in [-0.3, -0.25) is 0 Å². The molecule has 0 spiro atoms. The maximum atomic E-state index is 5.75. The summed E-state index contributed by atoms with van der Waals surface area (Å²) in [5.74, 6) is 0.569. The SMILES string of the molecule is Cc1ccccc1Cn1nnc(CN)c1CC(C)C. The van der Waals surface area contributed by atoms with Crippen LogP contribution in [0.4, 0.5) is 0 Å². The molecule has 1 aromatic carbocycles. The van der Waals surface area contributed by atoms with Crippen molar-refractivity contribution in [3.05, 3.63) is 46.8 Å². The normalized spacial score (nSPS) is 11.2. The lowest BCUT2D eigenvalue weighted by Crippen LogP contribution is -2.12. The van der Waals surface area contributed by atoms with Crippen LogP contribution in [-0.4, -0.2) is 15.0 Å². The Morgan fingerprint density at radius 3 is 2.63 bits per heavy atom. The quantitative estimate of drug-likeness (QED) is 0.895. The molecule has 0 bridgehead atoms. The molecule has 0 radical (unpaired) electrons. The van der Waals surface area contributed by atoms with Crippen molar-refractivity contribution >= 4 is 0 Å². The molecule has 2 rings (SSSR count). The molecule has 0 fully saturated rings. The molecule has 19 heavy (non-hydrogen) atoms. The van der Waals surface area contributed by atoms with Crippen LogP contribution in [0.1, 0.15) is 36.4 Å². The molecule has 4 nitrogen and oxygen atoms in total. The van der Waals surface area contributed by atoms with E-state index in [2.05, 4.69) is 55.3 Å². The van der Waals surface area contributed by atoms with E-state index in [0.717, 1.165) is 18.7 Å². The summed E-state index contributed by atoms with van der Waals surface area (Å²) in [4.78, 5) is 0. The highest BCUT2D eigenvalue weighted by Crippen LogP contribution is 2.15. The van der Waals surface area contributed by atoms with E-state index in [9.17, 15) is 0 Å². The first kappa shape index (κ1) is 13.7. The van der Waals surface area contributed by atoms with E-state index in [4.69, 9.17) is 5.73 Å². The third-order valence-electron chi connectivity index (χ3n) is 3.29. The van der Waals surface area contributed by atoms with Crippen molar-refractivity contribution in [2.45, 2.75) is 40.3 Å². The van der Waals surface area contributed by atoms with Gasteiger partial charge in [0, 0.05) is 6.54 Å². The summed E-state index contributed by atoms with van der Waals surface area (Å²) in [6.07, 6.45) is 0.964. The van der Waals surface area contributed by atoms with Crippen molar-refractivity contribution in [1.29, 1.82) is 0 Å². The van der Waals surface area contributed by atoms with E-state index in [1.54, 1.807) is 0 Å². The highest BCUT2D eigenvalue weighted by Gasteiger charge is 2.13. The van der Waals surface area contributed by atoms with Gasteiger partial charge in [0.15, 0.2) is 0 Å². The Morgan fingerprint density at radius 1 is 1.26 bits per heavy atom. The molecule has 4 heteroatoms. The third-order valence-corrected chi connectivity index (χ3v) is 3.29. The molecule has 0 aliphatic carbocycles. The topological polar surface area (TPSA) is 56.7 Å². The summed E-state index contributed by atoms with van der Waals surface area (Å²) in [6.45, 7) is 7.74. The monoisotopic (exact) mass is 258 g/mol. The van der Waals surface area contributed by atoms with Crippen molar-refractivity contribution in [2.24, 2.45) is 11.7 Å². The van der Waals surface area contributed by atoms with E-state index >= 15 is 0 Å². The maximum absolute atomic E-state index is 5.75. The van der Waals surface area contributed by atoms with E-state index in [1.807, 2.05) is 4.68 Å². The first-order valence-corrected chi connectivity index (χ1v) is 6.77. The van der Waals surface area contributed by atoms with E-state index < -0.39 is 0 Å². The summed E-state index contributed by atoms with van der Waals surface area (Å²) >= 11 is 0. The second kappa shape index (κ2) is 5.97. The van der Waals surface area contributed by atoms with Crippen molar-refractivity contribution in [3.8, 4) is 0 Å². The zero-order chi connectivity index (χ0) is 13.8. The predicted octanol–water partition coefficient (Wildman–Crippen LogP) is 2.29. The molecule has 0 aliphatic rings. The van der Waals surface area contributed by atoms with Gasteiger partial charge in [0.1, 0.15) is 0 Å². The highest BCUT2D eigenvalue weighted by atomic mass is 15.4. The van der Waals surface area contributed by atoms with Crippen molar-refractivity contribution < 1.29 is 0 Å². The molecule has 0 saturated carbocycles. The van der Waals surface area contributed by atoms with Crippen LogP contribution in [-0.2, 0) is 19.5 Å². The molecule has 2 aromatic rings. The lowest BCUT2D eigenvalue weighted by Gasteiger charge is -2.11. The fraction of sp³-hybridized carbons (Fsp3) is 0.467. The largest absolute Gasteiger partial charge is 0.325 e. The van der Waals surface area contributed by atoms with Gasteiger partial charge >= 0.3 is 0 Å². The average molecular weight is 258 g/mol.